The molecule has 0 atom stereocenters. The van der Waals surface area contributed by atoms with E-state index in [0.29, 0.717) is 38.3 Å². The lowest BCUT2D eigenvalue weighted by molar-refractivity contribution is -0.117. The summed E-state index contributed by atoms with van der Waals surface area (Å²) < 4.78 is 0. The molecular formula is C24H26N4O2. The molecule has 6 heteroatoms. The molecule has 6 nitrogen and oxygen atoms in total. The molecule has 1 aliphatic heterocycles. The van der Waals surface area contributed by atoms with Crippen LogP contribution in [0.5, 0.6) is 0 Å². The Bertz CT molecular complexity index is 1060. The zero-order valence-electron chi connectivity index (χ0n) is 17.4. The molecule has 0 aliphatic carbocycles. The van der Waals surface area contributed by atoms with Crippen molar-refractivity contribution < 1.29 is 9.59 Å². The molecule has 2 heterocycles. The Morgan fingerprint density at radius 1 is 0.933 bits per heavy atom. The summed E-state index contributed by atoms with van der Waals surface area (Å²) in [6.07, 6.45) is 1.71. The van der Waals surface area contributed by atoms with Gasteiger partial charge in [-0.1, -0.05) is 36.4 Å². The summed E-state index contributed by atoms with van der Waals surface area (Å²) in [5.74, 6) is -0.0237. The number of hydrogen-bond donors (Lipinski definition) is 1. The minimum Gasteiger partial charge on any atom is -0.336 e. The summed E-state index contributed by atoms with van der Waals surface area (Å²) in [4.78, 5) is 33.9. The normalized spacial score (nSPS) is 14.7. The van der Waals surface area contributed by atoms with Gasteiger partial charge in [-0.25, -0.2) is 0 Å². The van der Waals surface area contributed by atoms with Gasteiger partial charge in [0.2, 0.25) is 5.91 Å². The molecule has 2 aromatic carbocycles. The van der Waals surface area contributed by atoms with Crippen molar-refractivity contribution in [2.45, 2.75) is 13.8 Å². The van der Waals surface area contributed by atoms with Gasteiger partial charge in [-0.15, -0.1) is 0 Å². The first-order valence-corrected chi connectivity index (χ1v) is 10.2. The number of aromatic nitrogens is 1. The maximum Gasteiger partial charge on any atom is 0.256 e. The van der Waals surface area contributed by atoms with Gasteiger partial charge in [-0.2, -0.15) is 0 Å². The minimum absolute atomic E-state index is 0.000985. The first-order chi connectivity index (χ1) is 14.5. The third-order valence-electron chi connectivity index (χ3n) is 5.64. The number of piperazine rings is 1. The number of nitrogens with zero attached hydrogens (tertiary/aromatic N) is 3. The van der Waals surface area contributed by atoms with Crippen molar-refractivity contribution in [1.82, 2.24) is 14.8 Å². The third kappa shape index (κ3) is 4.19. The highest BCUT2D eigenvalue weighted by atomic mass is 16.2. The monoisotopic (exact) mass is 402 g/mol. The number of anilines is 1. The first-order valence-electron chi connectivity index (χ1n) is 10.2. The SMILES string of the molecule is Cc1cccc(C)c1NC(=O)CN1CCN(C(=O)c2cccc3cccnc23)CC1. The van der Waals surface area contributed by atoms with Crippen molar-refractivity contribution in [3.63, 3.8) is 0 Å². The quantitative estimate of drug-likeness (QED) is 0.728. The average Bonchev–Trinajstić information content (AvgIpc) is 2.76. The second-order valence-electron chi connectivity index (χ2n) is 7.76. The van der Waals surface area contributed by atoms with Crippen molar-refractivity contribution >= 4 is 28.4 Å². The van der Waals surface area contributed by atoms with E-state index in [2.05, 4.69) is 15.2 Å². The van der Waals surface area contributed by atoms with Crippen LogP contribution in [0.15, 0.2) is 54.7 Å². The van der Waals surface area contributed by atoms with Gasteiger partial charge in [0.25, 0.3) is 5.91 Å². The van der Waals surface area contributed by atoms with Gasteiger partial charge in [0.1, 0.15) is 0 Å². The number of amides is 2. The van der Waals surface area contributed by atoms with Crippen molar-refractivity contribution in [1.29, 1.82) is 0 Å². The lowest BCUT2D eigenvalue weighted by atomic mass is 10.1. The van der Waals surface area contributed by atoms with Crippen LogP contribution in [0.4, 0.5) is 5.69 Å². The van der Waals surface area contributed by atoms with Crippen LogP contribution in [0.1, 0.15) is 21.5 Å². The van der Waals surface area contributed by atoms with E-state index in [1.165, 1.54) is 0 Å². The standard InChI is InChI=1S/C24H26N4O2/c1-17-6-3-7-18(2)22(17)26-21(29)16-27-12-14-28(15-13-27)24(30)20-10-4-8-19-9-5-11-25-23(19)20/h3-11H,12-16H2,1-2H3,(H,26,29). The predicted octanol–water partition coefficient (Wildman–Crippen LogP) is 3.25. The average molecular weight is 402 g/mol. The molecule has 0 saturated carbocycles. The molecule has 1 N–H and O–H groups in total. The number of nitrogens with one attached hydrogen (secondary N) is 1. The molecule has 4 rings (SSSR count). The Balaban J connectivity index is 1.36. The van der Waals surface area contributed by atoms with Crippen molar-refractivity contribution in [2.24, 2.45) is 0 Å². The molecule has 1 saturated heterocycles. The maximum absolute atomic E-state index is 13.0. The number of pyridine rings is 1. The topological polar surface area (TPSA) is 65.5 Å². The van der Waals surface area contributed by atoms with Crippen LogP contribution < -0.4 is 5.32 Å². The Hall–Kier alpha value is -3.25. The molecule has 2 amide bonds. The zero-order chi connectivity index (χ0) is 21.1. The Labute approximate surface area is 176 Å². The lowest BCUT2D eigenvalue weighted by Crippen LogP contribution is -2.50. The number of carbonyl (C=O) groups is 2. The summed E-state index contributed by atoms with van der Waals surface area (Å²) in [5.41, 5.74) is 4.37. The number of para-hydroxylation sites is 2. The van der Waals surface area contributed by atoms with E-state index in [9.17, 15) is 9.59 Å². The van der Waals surface area contributed by atoms with Crippen LogP contribution in [0.25, 0.3) is 10.9 Å². The Morgan fingerprint density at radius 3 is 2.33 bits per heavy atom. The molecule has 0 radical (unpaired) electrons. The van der Waals surface area contributed by atoms with Crippen molar-refractivity contribution in [3.05, 3.63) is 71.4 Å². The van der Waals surface area contributed by atoms with E-state index in [1.807, 2.05) is 67.3 Å². The molecule has 30 heavy (non-hydrogen) atoms. The molecule has 1 fully saturated rings. The summed E-state index contributed by atoms with van der Waals surface area (Å²) in [6, 6.07) is 15.5. The highest BCUT2D eigenvalue weighted by Gasteiger charge is 2.24. The fraction of sp³-hybridized carbons (Fsp3) is 0.292. The molecular weight excluding hydrogens is 376 g/mol. The van der Waals surface area contributed by atoms with Gasteiger partial charge in [-0.05, 0) is 37.1 Å². The smallest absolute Gasteiger partial charge is 0.256 e. The molecule has 0 bridgehead atoms. The molecule has 1 aromatic heterocycles. The largest absolute Gasteiger partial charge is 0.336 e. The molecule has 0 unspecified atom stereocenters. The molecule has 3 aromatic rings. The van der Waals surface area contributed by atoms with Crippen molar-refractivity contribution in [2.75, 3.05) is 38.0 Å². The van der Waals surface area contributed by atoms with Gasteiger partial charge in [0, 0.05) is 43.4 Å². The van der Waals surface area contributed by atoms with Gasteiger partial charge in [-0.3, -0.25) is 19.5 Å². The van der Waals surface area contributed by atoms with E-state index in [4.69, 9.17) is 0 Å². The number of rotatable bonds is 4. The van der Waals surface area contributed by atoms with E-state index < -0.39 is 0 Å². The van der Waals surface area contributed by atoms with Gasteiger partial charge in [0.15, 0.2) is 0 Å². The number of hydrogen-bond acceptors (Lipinski definition) is 4. The van der Waals surface area contributed by atoms with Crippen LogP contribution in [0, 0.1) is 13.8 Å². The molecule has 0 spiro atoms. The number of fused-ring (bicyclic) bond motifs is 1. The van der Waals surface area contributed by atoms with Gasteiger partial charge < -0.3 is 10.2 Å². The summed E-state index contributed by atoms with van der Waals surface area (Å²) in [5, 5.41) is 4.00. The highest BCUT2D eigenvalue weighted by Crippen LogP contribution is 2.20. The summed E-state index contributed by atoms with van der Waals surface area (Å²) in [6.45, 7) is 6.85. The molecule has 154 valence electrons. The summed E-state index contributed by atoms with van der Waals surface area (Å²) >= 11 is 0. The van der Waals surface area contributed by atoms with E-state index in [-0.39, 0.29) is 11.8 Å². The number of benzene rings is 2. The second-order valence-corrected chi connectivity index (χ2v) is 7.76. The van der Waals surface area contributed by atoms with E-state index in [1.54, 1.807) is 6.20 Å². The number of aryl methyl sites for hydroxylation is 2. The second kappa shape index (κ2) is 8.63. The van der Waals surface area contributed by atoms with Crippen LogP contribution in [-0.2, 0) is 4.79 Å². The lowest BCUT2D eigenvalue weighted by Gasteiger charge is -2.34. The predicted molar refractivity (Wildman–Crippen MR) is 119 cm³/mol. The highest BCUT2D eigenvalue weighted by molar-refractivity contribution is 6.05. The van der Waals surface area contributed by atoms with Gasteiger partial charge in [0.05, 0.1) is 17.6 Å². The van der Waals surface area contributed by atoms with Crippen LogP contribution in [-0.4, -0.2) is 59.3 Å². The Morgan fingerprint density at radius 2 is 1.60 bits per heavy atom. The van der Waals surface area contributed by atoms with Gasteiger partial charge >= 0.3 is 0 Å². The first kappa shape index (κ1) is 20.0. The minimum atomic E-state index is -0.0228. The van der Waals surface area contributed by atoms with E-state index >= 15 is 0 Å². The van der Waals surface area contributed by atoms with Crippen LogP contribution in [0.3, 0.4) is 0 Å². The molecule has 1 aliphatic rings. The van der Waals surface area contributed by atoms with Crippen molar-refractivity contribution in [3.8, 4) is 0 Å². The Kier molecular flexibility index (Phi) is 5.77. The van der Waals surface area contributed by atoms with Crippen LogP contribution in [0.2, 0.25) is 0 Å². The van der Waals surface area contributed by atoms with Crippen LogP contribution >= 0.6 is 0 Å². The summed E-state index contributed by atoms with van der Waals surface area (Å²) in [7, 11) is 0. The fourth-order valence-corrected chi connectivity index (χ4v) is 3.95. The van der Waals surface area contributed by atoms with E-state index in [0.717, 1.165) is 27.7 Å². The fourth-order valence-electron chi connectivity index (χ4n) is 3.95. The third-order valence-corrected chi connectivity index (χ3v) is 5.64. The zero-order valence-corrected chi connectivity index (χ0v) is 17.4. The maximum atomic E-state index is 13.0. The number of carbonyl (C=O) groups excluding carboxylic acids is 2.